The highest BCUT2D eigenvalue weighted by atomic mass is 127. The molecule has 25 heavy (non-hydrogen) atoms. The first-order valence-electron chi connectivity index (χ1n) is 7.58. The first-order valence-corrected chi connectivity index (χ1v) is 8.66. The zero-order chi connectivity index (χ0) is 18.0. The molecule has 2 N–H and O–H groups in total. The van der Waals surface area contributed by atoms with E-state index >= 15 is 0 Å². The molecule has 1 aliphatic heterocycles. The maximum absolute atomic E-state index is 12.6. The van der Waals surface area contributed by atoms with Gasteiger partial charge in [0.15, 0.2) is 11.5 Å². The number of nitrogens with one attached hydrogen (secondary N) is 1. The molecule has 2 aromatic rings. The molecule has 0 bridgehead atoms. The molecule has 2 aromatic carbocycles. The first kappa shape index (κ1) is 17.3. The summed E-state index contributed by atoms with van der Waals surface area (Å²) in [5.74, 6) is -0.601. The van der Waals surface area contributed by atoms with Crippen LogP contribution in [0.4, 0.5) is 5.69 Å². The summed E-state index contributed by atoms with van der Waals surface area (Å²) in [5.41, 5.74) is 3.75. The monoisotopic (exact) mass is 450 g/mol. The van der Waals surface area contributed by atoms with Gasteiger partial charge in [0.05, 0.1) is 12.3 Å². The molecule has 6 nitrogen and oxygen atoms in total. The number of carbonyl (C=O) groups excluding carboxylic acids is 2. The van der Waals surface area contributed by atoms with Gasteiger partial charge in [-0.1, -0.05) is 6.07 Å². The van der Waals surface area contributed by atoms with E-state index in [2.05, 4.69) is 28.0 Å². The molecule has 0 spiro atoms. The second-order valence-corrected chi connectivity index (χ2v) is 6.52. The third-order valence-electron chi connectivity index (χ3n) is 3.57. The lowest BCUT2D eigenvalue weighted by atomic mass is 10.1. The van der Waals surface area contributed by atoms with Crippen molar-refractivity contribution in [1.82, 2.24) is 5.43 Å². The van der Waals surface area contributed by atoms with Gasteiger partial charge in [0.1, 0.15) is 5.57 Å². The van der Waals surface area contributed by atoms with E-state index in [0.29, 0.717) is 23.6 Å². The lowest BCUT2D eigenvalue weighted by Crippen LogP contribution is -2.35. The Kier molecular flexibility index (Phi) is 4.93. The Balaban J connectivity index is 1.91. The number of aromatic hydroxyl groups is 1. The van der Waals surface area contributed by atoms with Crippen molar-refractivity contribution in [3.63, 3.8) is 0 Å². The Morgan fingerprint density at radius 1 is 1.20 bits per heavy atom. The van der Waals surface area contributed by atoms with Gasteiger partial charge >= 0.3 is 0 Å². The predicted molar refractivity (Wildman–Crippen MR) is 102 cm³/mol. The van der Waals surface area contributed by atoms with Crippen molar-refractivity contribution in [3.8, 4) is 11.5 Å². The van der Waals surface area contributed by atoms with Gasteiger partial charge < -0.3 is 9.84 Å². The van der Waals surface area contributed by atoms with E-state index in [1.54, 1.807) is 31.2 Å². The number of hydrogen-bond acceptors (Lipinski definition) is 4. The van der Waals surface area contributed by atoms with Crippen LogP contribution in [-0.2, 0) is 9.59 Å². The van der Waals surface area contributed by atoms with Crippen molar-refractivity contribution in [3.05, 3.63) is 57.2 Å². The van der Waals surface area contributed by atoms with E-state index in [0.717, 1.165) is 3.57 Å². The number of carbonyl (C=O) groups is 2. The molecule has 1 aliphatic rings. The molecule has 0 saturated carbocycles. The Morgan fingerprint density at radius 2 is 1.92 bits per heavy atom. The highest BCUT2D eigenvalue weighted by Crippen LogP contribution is 2.29. The zero-order valence-electron chi connectivity index (χ0n) is 13.3. The number of amides is 2. The third-order valence-corrected chi connectivity index (χ3v) is 4.29. The molecule has 0 atom stereocenters. The molecule has 7 heteroatoms. The molecule has 2 amide bonds. The summed E-state index contributed by atoms with van der Waals surface area (Å²) in [7, 11) is 0. The van der Waals surface area contributed by atoms with Crippen LogP contribution >= 0.6 is 22.6 Å². The smallest absolute Gasteiger partial charge is 0.282 e. The highest BCUT2D eigenvalue weighted by Gasteiger charge is 2.34. The van der Waals surface area contributed by atoms with Gasteiger partial charge in [-0.15, -0.1) is 0 Å². The van der Waals surface area contributed by atoms with Gasteiger partial charge in [-0.25, -0.2) is 5.01 Å². The van der Waals surface area contributed by atoms with Crippen molar-refractivity contribution in [2.24, 2.45) is 0 Å². The normalized spacial score (nSPS) is 15.6. The van der Waals surface area contributed by atoms with Crippen LogP contribution in [0, 0.1) is 3.57 Å². The van der Waals surface area contributed by atoms with Gasteiger partial charge in [0.2, 0.25) is 0 Å². The summed E-state index contributed by atoms with van der Waals surface area (Å²) in [6.07, 6.45) is 1.48. The van der Waals surface area contributed by atoms with Crippen LogP contribution in [0.25, 0.3) is 6.08 Å². The van der Waals surface area contributed by atoms with E-state index in [9.17, 15) is 14.7 Å². The van der Waals surface area contributed by atoms with Gasteiger partial charge in [-0.2, -0.15) is 0 Å². The fourth-order valence-electron chi connectivity index (χ4n) is 2.39. The Bertz CT molecular complexity index is 862. The van der Waals surface area contributed by atoms with E-state index in [1.165, 1.54) is 17.2 Å². The lowest BCUT2D eigenvalue weighted by molar-refractivity contribution is -0.117. The number of hydrogen-bond donors (Lipinski definition) is 2. The van der Waals surface area contributed by atoms with Crippen LogP contribution < -0.4 is 15.2 Å². The fraction of sp³-hybridized carbons (Fsp3) is 0.111. The van der Waals surface area contributed by atoms with Crippen LogP contribution in [0.5, 0.6) is 11.5 Å². The number of benzene rings is 2. The summed E-state index contributed by atoms with van der Waals surface area (Å²) in [5, 5.41) is 11.0. The quantitative estimate of drug-likeness (QED) is 0.427. The maximum Gasteiger partial charge on any atom is 0.282 e. The van der Waals surface area contributed by atoms with E-state index < -0.39 is 11.8 Å². The molecule has 0 radical (unpaired) electrons. The van der Waals surface area contributed by atoms with Crippen LogP contribution in [0.2, 0.25) is 0 Å². The van der Waals surface area contributed by atoms with Crippen molar-refractivity contribution in [2.75, 3.05) is 11.6 Å². The summed E-state index contributed by atoms with van der Waals surface area (Å²) in [4.78, 5) is 24.8. The minimum Gasteiger partial charge on any atom is -0.504 e. The molecule has 3 rings (SSSR count). The second kappa shape index (κ2) is 7.14. The molecule has 0 aliphatic carbocycles. The number of phenols is 1. The van der Waals surface area contributed by atoms with E-state index in [1.807, 2.05) is 12.1 Å². The Labute approximate surface area is 158 Å². The summed E-state index contributed by atoms with van der Waals surface area (Å²) in [6, 6.07) is 11.9. The zero-order valence-corrected chi connectivity index (χ0v) is 15.5. The summed E-state index contributed by atoms with van der Waals surface area (Å²) < 4.78 is 6.35. The third kappa shape index (κ3) is 3.60. The highest BCUT2D eigenvalue weighted by molar-refractivity contribution is 14.1. The SMILES string of the molecule is CCOc1cc(/C=C2/C(=O)NN(c3ccc(I)cc3)C2=O)ccc1O. The van der Waals surface area contributed by atoms with Crippen LogP contribution in [0.15, 0.2) is 48.0 Å². The lowest BCUT2D eigenvalue weighted by Gasteiger charge is -2.14. The van der Waals surface area contributed by atoms with Crippen molar-refractivity contribution >= 4 is 46.2 Å². The van der Waals surface area contributed by atoms with Gasteiger partial charge in [-0.05, 0) is 77.6 Å². The van der Waals surface area contributed by atoms with Crippen molar-refractivity contribution < 1.29 is 19.4 Å². The Morgan fingerprint density at radius 3 is 2.60 bits per heavy atom. The number of anilines is 1. The molecule has 128 valence electrons. The summed E-state index contributed by atoms with van der Waals surface area (Å²) >= 11 is 2.17. The minimum atomic E-state index is -0.477. The van der Waals surface area contributed by atoms with Crippen molar-refractivity contribution in [1.29, 1.82) is 0 Å². The predicted octanol–water partition coefficient (Wildman–Crippen LogP) is 2.86. The average molecular weight is 450 g/mol. The van der Waals surface area contributed by atoms with Gasteiger partial charge in [0.25, 0.3) is 11.8 Å². The summed E-state index contributed by atoms with van der Waals surface area (Å²) in [6.45, 7) is 2.20. The van der Waals surface area contributed by atoms with Crippen LogP contribution in [0.3, 0.4) is 0 Å². The van der Waals surface area contributed by atoms with Gasteiger partial charge in [-0.3, -0.25) is 15.0 Å². The molecular formula is C18H15IN2O4. The largest absolute Gasteiger partial charge is 0.504 e. The molecule has 0 aromatic heterocycles. The number of hydrazine groups is 1. The first-order chi connectivity index (χ1) is 12.0. The molecule has 0 unspecified atom stereocenters. The number of ether oxygens (including phenoxy) is 1. The number of phenolic OH excluding ortho intramolecular Hbond substituents is 1. The van der Waals surface area contributed by atoms with E-state index in [-0.39, 0.29) is 11.3 Å². The van der Waals surface area contributed by atoms with Gasteiger partial charge in [0, 0.05) is 3.57 Å². The molecule has 1 fully saturated rings. The Hall–Kier alpha value is -2.55. The number of rotatable bonds is 4. The standard InChI is InChI=1S/C18H15IN2O4/c1-2-25-16-10-11(3-8-15(16)22)9-14-17(23)20-21(18(14)24)13-6-4-12(19)5-7-13/h3-10,22H,2H2,1H3,(H,20,23)/b14-9-. The van der Waals surface area contributed by atoms with Crippen LogP contribution in [0.1, 0.15) is 12.5 Å². The number of nitrogens with zero attached hydrogens (tertiary/aromatic N) is 1. The van der Waals surface area contributed by atoms with E-state index in [4.69, 9.17) is 4.74 Å². The molecular weight excluding hydrogens is 435 g/mol. The molecule has 1 heterocycles. The topological polar surface area (TPSA) is 78.9 Å². The minimum absolute atomic E-state index is 0.00622. The maximum atomic E-state index is 12.6. The number of halogens is 1. The molecule has 1 saturated heterocycles. The second-order valence-electron chi connectivity index (χ2n) is 5.28. The van der Waals surface area contributed by atoms with Crippen molar-refractivity contribution in [2.45, 2.75) is 6.92 Å². The average Bonchev–Trinajstić information content (AvgIpc) is 2.87. The fourth-order valence-corrected chi connectivity index (χ4v) is 2.75. The van der Waals surface area contributed by atoms with Crippen LogP contribution in [-0.4, -0.2) is 23.5 Å².